The maximum Gasteiger partial charge on any atom is 0.418 e. The second-order valence-corrected chi connectivity index (χ2v) is 6.32. The highest BCUT2D eigenvalue weighted by molar-refractivity contribution is 5.68. The first-order valence-electron chi connectivity index (χ1n) is 8.15. The number of alkyl halides is 3. The van der Waals surface area contributed by atoms with Crippen LogP contribution in [0.2, 0.25) is 0 Å². The quantitative estimate of drug-likeness (QED) is 0.634. The number of hydrogen-bond acceptors (Lipinski definition) is 5. The minimum atomic E-state index is -4.71. The van der Waals surface area contributed by atoms with E-state index in [0.29, 0.717) is 32.0 Å². The average Bonchev–Trinajstić information content (AvgIpc) is 2.54. The molecule has 0 aliphatic carbocycles. The number of nitrogens with zero attached hydrogens (tertiary/aromatic N) is 2. The summed E-state index contributed by atoms with van der Waals surface area (Å²) in [5, 5.41) is 13.5. The standard InChI is InChI=1S/C16H20F3N3O4/c1-10(2)26-15(23)21-7-5-11(6-8-21)20-14-4-3-12(22(24)25)9-13(14)16(17,18)19/h3-4,9-11,20H,5-8H2,1-2H3. The number of rotatable bonds is 4. The number of piperidine rings is 1. The van der Waals surface area contributed by atoms with Gasteiger partial charge in [0.25, 0.3) is 5.69 Å². The fraction of sp³-hybridized carbons (Fsp3) is 0.562. The zero-order valence-electron chi connectivity index (χ0n) is 14.4. The Kier molecular flexibility index (Phi) is 5.94. The summed E-state index contributed by atoms with van der Waals surface area (Å²) in [6.45, 7) is 4.19. The third kappa shape index (κ3) is 4.99. The number of benzene rings is 1. The number of carbonyl (C=O) groups excluding carboxylic acids is 1. The van der Waals surface area contributed by atoms with E-state index in [1.807, 2.05) is 0 Å². The molecule has 0 atom stereocenters. The molecule has 0 unspecified atom stereocenters. The summed E-state index contributed by atoms with van der Waals surface area (Å²) >= 11 is 0. The van der Waals surface area contributed by atoms with Crippen molar-refractivity contribution in [3.63, 3.8) is 0 Å². The summed E-state index contributed by atoms with van der Waals surface area (Å²) in [7, 11) is 0. The molecule has 0 aromatic heterocycles. The van der Waals surface area contributed by atoms with Crippen molar-refractivity contribution >= 4 is 17.5 Å². The predicted octanol–water partition coefficient (Wildman–Crippen LogP) is 4.03. The monoisotopic (exact) mass is 375 g/mol. The van der Waals surface area contributed by atoms with Gasteiger partial charge in [-0.1, -0.05) is 0 Å². The van der Waals surface area contributed by atoms with Gasteiger partial charge < -0.3 is 15.0 Å². The van der Waals surface area contributed by atoms with E-state index in [2.05, 4.69) is 5.32 Å². The minimum absolute atomic E-state index is 0.202. The summed E-state index contributed by atoms with van der Waals surface area (Å²) in [6, 6.07) is 2.35. The van der Waals surface area contributed by atoms with Crippen molar-refractivity contribution in [1.29, 1.82) is 0 Å². The molecular formula is C16H20F3N3O4. The van der Waals surface area contributed by atoms with E-state index in [4.69, 9.17) is 4.74 Å². The van der Waals surface area contributed by atoms with Gasteiger partial charge >= 0.3 is 12.3 Å². The molecule has 1 heterocycles. The Labute approximate surface area is 148 Å². The van der Waals surface area contributed by atoms with Gasteiger partial charge in [-0.05, 0) is 32.8 Å². The molecular weight excluding hydrogens is 355 g/mol. The number of carbonyl (C=O) groups is 1. The second kappa shape index (κ2) is 7.79. The first kappa shape index (κ1) is 19.8. The SMILES string of the molecule is CC(C)OC(=O)N1CCC(Nc2ccc([N+](=O)[O-])cc2C(F)(F)F)CC1. The van der Waals surface area contributed by atoms with Crippen LogP contribution >= 0.6 is 0 Å². The van der Waals surface area contributed by atoms with Gasteiger partial charge in [-0.3, -0.25) is 10.1 Å². The number of non-ortho nitro benzene ring substituents is 1. The Hall–Kier alpha value is -2.52. The largest absolute Gasteiger partial charge is 0.447 e. The van der Waals surface area contributed by atoms with Crippen LogP contribution in [0.3, 0.4) is 0 Å². The van der Waals surface area contributed by atoms with Crippen molar-refractivity contribution in [3.8, 4) is 0 Å². The van der Waals surface area contributed by atoms with Gasteiger partial charge in [0, 0.05) is 37.0 Å². The van der Waals surface area contributed by atoms with Crippen LogP contribution in [0.1, 0.15) is 32.3 Å². The van der Waals surface area contributed by atoms with E-state index in [9.17, 15) is 28.1 Å². The molecule has 1 amide bonds. The number of amides is 1. The number of nitrogens with one attached hydrogen (secondary N) is 1. The molecule has 1 aliphatic heterocycles. The molecule has 1 saturated heterocycles. The number of nitro groups is 1. The molecule has 0 radical (unpaired) electrons. The molecule has 1 aromatic rings. The van der Waals surface area contributed by atoms with Crippen LogP contribution in [0.25, 0.3) is 0 Å². The lowest BCUT2D eigenvalue weighted by atomic mass is 10.0. The number of anilines is 1. The van der Waals surface area contributed by atoms with Crippen LogP contribution in [0.4, 0.5) is 29.3 Å². The van der Waals surface area contributed by atoms with E-state index in [0.717, 1.165) is 12.1 Å². The highest BCUT2D eigenvalue weighted by Gasteiger charge is 2.36. The predicted molar refractivity (Wildman–Crippen MR) is 87.9 cm³/mol. The molecule has 0 saturated carbocycles. The maximum atomic E-state index is 13.2. The van der Waals surface area contributed by atoms with Crippen molar-refractivity contribution in [3.05, 3.63) is 33.9 Å². The fourth-order valence-electron chi connectivity index (χ4n) is 2.71. The van der Waals surface area contributed by atoms with Gasteiger partial charge in [-0.25, -0.2) is 4.79 Å². The molecule has 1 aromatic carbocycles. The van der Waals surface area contributed by atoms with Crippen LogP contribution in [0, 0.1) is 10.1 Å². The highest BCUT2D eigenvalue weighted by Crippen LogP contribution is 2.37. The number of halogens is 3. The lowest BCUT2D eigenvalue weighted by Crippen LogP contribution is -2.43. The Morgan fingerprint density at radius 1 is 1.35 bits per heavy atom. The van der Waals surface area contributed by atoms with Crippen LogP contribution in [0.15, 0.2) is 18.2 Å². The summed E-state index contributed by atoms with van der Waals surface area (Å²) in [5.41, 5.74) is -1.89. The topological polar surface area (TPSA) is 84.7 Å². The fourth-order valence-corrected chi connectivity index (χ4v) is 2.71. The normalized spacial score (nSPS) is 15.8. The number of nitro benzene ring substituents is 1. The summed E-state index contributed by atoms with van der Waals surface area (Å²) in [6.07, 6.45) is -4.50. The van der Waals surface area contributed by atoms with E-state index in [-0.39, 0.29) is 17.8 Å². The number of likely N-dealkylation sites (tertiary alicyclic amines) is 1. The van der Waals surface area contributed by atoms with Crippen LogP contribution in [-0.4, -0.2) is 41.2 Å². The average molecular weight is 375 g/mol. The molecule has 7 nitrogen and oxygen atoms in total. The lowest BCUT2D eigenvalue weighted by molar-refractivity contribution is -0.385. The molecule has 1 N–H and O–H groups in total. The van der Waals surface area contributed by atoms with Crippen molar-refractivity contribution in [1.82, 2.24) is 4.90 Å². The Balaban J connectivity index is 2.06. The summed E-state index contributed by atoms with van der Waals surface area (Å²) in [4.78, 5) is 23.2. The van der Waals surface area contributed by atoms with Gasteiger partial charge in [0.2, 0.25) is 0 Å². The van der Waals surface area contributed by atoms with E-state index in [1.165, 1.54) is 4.90 Å². The molecule has 1 fully saturated rings. The van der Waals surface area contributed by atoms with Gasteiger partial charge in [0.05, 0.1) is 16.6 Å². The van der Waals surface area contributed by atoms with Gasteiger partial charge in [-0.2, -0.15) is 13.2 Å². The zero-order valence-corrected chi connectivity index (χ0v) is 14.4. The second-order valence-electron chi connectivity index (χ2n) is 6.32. The highest BCUT2D eigenvalue weighted by atomic mass is 19.4. The van der Waals surface area contributed by atoms with Crippen LogP contribution < -0.4 is 5.32 Å². The maximum absolute atomic E-state index is 13.2. The van der Waals surface area contributed by atoms with Crippen molar-refractivity contribution in [2.45, 2.75) is 45.0 Å². The first-order valence-corrected chi connectivity index (χ1v) is 8.15. The molecule has 1 aliphatic rings. The molecule has 0 bridgehead atoms. The van der Waals surface area contributed by atoms with E-state index in [1.54, 1.807) is 13.8 Å². The van der Waals surface area contributed by atoms with Crippen molar-refractivity contribution in [2.75, 3.05) is 18.4 Å². The van der Waals surface area contributed by atoms with Crippen molar-refractivity contribution in [2.24, 2.45) is 0 Å². The number of hydrogen-bond donors (Lipinski definition) is 1. The lowest BCUT2D eigenvalue weighted by Gasteiger charge is -2.33. The van der Waals surface area contributed by atoms with Gasteiger partial charge in [0.1, 0.15) is 0 Å². The Morgan fingerprint density at radius 2 is 1.96 bits per heavy atom. The third-order valence-electron chi connectivity index (χ3n) is 3.97. The number of ether oxygens (including phenoxy) is 1. The summed E-state index contributed by atoms with van der Waals surface area (Å²) in [5.74, 6) is 0. The molecule has 144 valence electrons. The smallest absolute Gasteiger partial charge is 0.418 e. The van der Waals surface area contributed by atoms with Crippen LogP contribution in [0.5, 0.6) is 0 Å². The Bertz CT molecular complexity index is 671. The van der Waals surface area contributed by atoms with Gasteiger partial charge in [-0.15, -0.1) is 0 Å². The van der Waals surface area contributed by atoms with Crippen LogP contribution in [-0.2, 0) is 10.9 Å². The van der Waals surface area contributed by atoms with E-state index < -0.39 is 28.4 Å². The molecule has 0 spiro atoms. The third-order valence-corrected chi connectivity index (χ3v) is 3.97. The summed E-state index contributed by atoms with van der Waals surface area (Å²) < 4.78 is 44.7. The zero-order chi connectivity index (χ0) is 19.5. The molecule has 10 heteroatoms. The minimum Gasteiger partial charge on any atom is -0.447 e. The first-order chi connectivity index (χ1) is 12.1. The Morgan fingerprint density at radius 3 is 2.46 bits per heavy atom. The molecule has 26 heavy (non-hydrogen) atoms. The van der Waals surface area contributed by atoms with E-state index >= 15 is 0 Å². The molecule has 2 rings (SSSR count). The van der Waals surface area contributed by atoms with Crippen molar-refractivity contribution < 1.29 is 27.6 Å². The van der Waals surface area contributed by atoms with Gasteiger partial charge in [0.15, 0.2) is 0 Å².